The van der Waals surface area contributed by atoms with Gasteiger partial charge in [-0.1, -0.05) is 11.6 Å². The summed E-state index contributed by atoms with van der Waals surface area (Å²) in [5, 5.41) is 18.2. The Hall–Kier alpha value is -3.39. The Morgan fingerprint density at radius 2 is 1.74 bits per heavy atom. The summed E-state index contributed by atoms with van der Waals surface area (Å²) in [4.78, 5) is 19.2. The summed E-state index contributed by atoms with van der Waals surface area (Å²) in [6, 6.07) is 12.1. The SMILES string of the molecule is COc1ccc(Nc2ncnc(Nc3ccc(Cl)cc3C)c2[N+](=O)[O-])cc1. The van der Waals surface area contributed by atoms with Crippen LogP contribution in [0.2, 0.25) is 5.02 Å². The Bertz CT molecular complexity index is 979. The molecule has 1 heterocycles. The van der Waals surface area contributed by atoms with Crippen LogP contribution in [0.3, 0.4) is 0 Å². The van der Waals surface area contributed by atoms with Crippen molar-refractivity contribution < 1.29 is 9.66 Å². The lowest BCUT2D eigenvalue weighted by molar-refractivity contribution is -0.383. The van der Waals surface area contributed by atoms with Gasteiger partial charge >= 0.3 is 5.69 Å². The summed E-state index contributed by atoms with van der Waals surface area (Å²) < 4.78 is 5.11. The smallest absolute Gasteiger partial charge is 0.353 e. The molecule has 0 atom stereocenters. The minimum Gasteiger partial charge on any atom is -0.497 e. The molecule has 8 nitrogen and oxygen atoms in total. The van der Waals surface area contributed by atoms with Gasteiger partial charge in [0.25, 0.3) is 0 Å². The van der Waals surface area contributed by atoms with E-state index in [1.54, 1.807) is 49.6 Å². The number of nitro groups is 1. The number of nitrogens with zero attached hydrogens (tertiary/aromatic N) is 3. The molecule has 0 aliphatic heterocycles. The van der Waals surface area contributed by atoms with E-state index in [9.17, 15) is 10.1 Å². The largest absolute Gasteiger partial charge is 0.497 e. The Labute approximate surface area is 160 Å². The second kappa shape index (κ2) is 7.88. The summed E-state index contributed by atoms with van der Waals surface area (Å²) in [6.07, 6.45) is 1.26. The van der Waals surface area contributed by atoms with Crippen LogP contribution in [0, 0.1) is 17.0 Å². The van der Waals surface area contributed by atoms with Crippen molar-refractivity contribution in [3.63, 3.8) is 0 Å². The summed E-state index contributed by atoms with van der Waals surface area (Å²) in [5.74, 6) is 0.837. The normalized spacial score (nSPS) is 10.3. The molecule has 138 valence electrons. The summed E-state index contributed by atoms with van der Waals surface area (Å²) in [5.41, 5.74) is 1.87. The number of hydrogen-bond donors (Lipinski definition) is 2. The van der Waals surface area contributed by atoms with E-state index in [1.165, 1.54) is 6.33 Å². The molecular formula is C18H16ClN5O3. The monoisotopic (exact) mass is 385 g/mol. The van der Waals surface area contributed by atoms with Crippen molar-refractivity contribution in [3.05, 3.63) is 69.5 Å². The van der Waals surface area contributed by atoms with Crippen LogP contribution in [0.4, 0.5) is 28.7 Å². The van der Waals surface area contributed by atoms with Crippen LogP contribution < -0.4 is 15.4 Å². The van der Waals surface area contributed by atoms with E-state index in [-0.39, 0.29) is 17.3 Å². The summed E-state index contributed by atoms with van der Waals surface area (Å²) in [6.45, 7) is 1.84. The molecule has 0 amide bonds. The second-order valence-corrected chi connectivity index (χ2v) is 6.05. The van der Waals surface area contributed by atoms with Crippen molar-refractivity contribution in [3.8, 4) is 5.75 Å². The van der Waals surface area contributed by atoms with Gasteiger partial charge in [0, 0.05) is 16.4 Å². The molecule has 3 aromatic rings. The van der Waals surface area contributed by atoms with Crippen LogP contribution in [0.5, 0.6) is 5.75 Å². The molecule has 2 aromatic carbocycles. The number of methoxy groups -OCH3 is 1. The fourth-order valence-electron chi connectivity index (χ4n) is 2.44. The zero-order valence-electron chi connectivity index (χ0n) is 14.6. The highest BCUT2D eigenvalue weighted by atomic mass is 35.5. The molecule has 2 N–H and O–H groups in total. The molecule has 0 radical (unpaired) electrons. The van der Waals surface area contributed by atoms with Gasteiger partial charge in [-0.05, 0) is 55.0 Å². The maximum absolute atomic E-state index is 11.7. The number of halogens is 1. The summed E-state index contributed by atoms with van der Waals surface area (Å²) in [7, 11) is 1.56. The van der Waals surface area contributed by atoms with Crippen LogP contribution in [-0.4, -0.2) is 22.0 Å². The first-order valence-electron chi connectivity index (χ1n) is 7.91. The van der Waals surface area contributed by atoms with E-state index < -0.39 is 4.92 Å². The molecule has 0 unspecified atom stereocenters. The van der Waals surface area contributed by atoms with Crippen LogP contribution in [0.25, 0.3) is 0 Å². The minimum absolute atomic E-state index is 0.0780. The standard InChI is InChI=1S/C18H16ClN5O3/c1-11-9-12(19)3-8-15(11)23-18-16(24(25)26)17(20-10-21-18)22-13-4-6-14(27-2)7-5-13/h3-10H,1-2H3,(H2,20,21,22,23). The van der Waals surface area contributed by atoms with E-state index in [1.807, 2.05) is 6.92 Å². The zero-order valence-corrected chi connectivity index (χ0v) is 15.3. The van der Waals surface area contributed by atoms with E-state index in [0.29, 0.717) is 22.1 Å². The van der Waals surface area contributed by atoms with Gasteiger partial charge < -0.3 is 15.4 Å². The molecule has 0 bridgehead atoms. The Balaban J connectivity index is 1.95. The number of aromatic nitrogens is 2. The molecule has 0 saturated carbocycles. The van der Waals surface area contributed by atoms with Crippen molar-refractivity contribution in [1.82, 2.24) is 9.97 Å². The predicted octanol–water partition coefficient (Wildman–Crippen LogP) is 4.84. The van der Waals surface area contributed by atoms with Crippen molar-refractivity contribution >= 4 is 40.3 Å². The average Bonchev–Trinajstić information content (AvgIpc) is 2.64. The lowest BCUT2D eigenvalue weighted by Crippen LogP contribution is -2.06. The van der Waals surface area contributed by atoms with Gasteiger partial charge in [-0.2, -0.15) is 0 Å². The highest BCUT2D eigenvalue weighted by Gasteiger charge is 2.23. The highest BCUT2D eigenvalue weighted by molar-refractivity contribution is 6.30. The van der Waals surface area contributed by atoms with Gasteiger partial charge in [0.2, 0.25) is 11.6 Å². The fourth-order valence-corrected chi connectivity index (χ4v) is 2.67. The maximum atomic E-state index is 11.7. The molecule has 27 heavy (non-hydrogen) atoms. The van der Waals surface area contributed by atoms with E-state index >= 15 is 0 Å². The molecule has 9 heteroatoms. The number of rotatable bonds is 6. The van der Waals surface area contributed by atoms with Crippen molar-refractivity contribution in [2.24, 2.45) is 0 Å². The van der Waals surface area contributed by atoms with E-state index in [2.05, 4.69) is 20.6 Å². The topological polar surface area (TPSA) is 102 Å². The van der Waals surface area contributed by atoms with Gasteiger partial charge in [-0.15, -0.1) is 0 Å². The molecule has 0 spiro atoms. The van der Waals surface area contributed by atoms with Crippen LogP contribution in [0.1, 0.15) is 5.56 Å². The Kier molecular flexibility index (Phi) is 5.37. The van der Waals surface area contributed by atoms with Gasteiger partial charge in [0.1, 0.15) is 12.1 Å². The lowest BCUT2D eigenvalue weighted by atomic mass is 10.2. The van der Waals surface area contributed by atoms with Gasteiger partial charge in [-0.25, -0.2) is 9.97 Å². The quantitative estimate of drug-likeness (QED) is 0.462. The van der Waals surface area contributed by atoms with Gasteiger partial charge in [-0.3, -0.25) is 10.1 Å². The zero-order chi connectivity index (χ0) is 19.4. The first-order valence-corrected chi connectivity index (χ1v) is 8.29. The van der Waals surface area contributed by atoms with Crippen LogP contribution in [0.15, 0.2) is 48.8 Å². The molecule has 3 rings (SSSR count). The number of aryl methyl sites for hydroxylation is 1. The molecular weight excluding hydrogens is 370 g/mol. The molecule has 0 aliphatic rings. The van der Waals surface area contributed by atoms with Crippen molar-refractivity contribution in [2.75, 3.05) is 17.7 Å². The van der Waals surface area contributed by atoms with Gasteiger partial charge in [0.05, 0.1) is 12.0 Å². The Morgan fingerprint density at radius 3 is 2.33 bits per heavy atom. The first-order chi connectivity index (χ1) is 13.0. The highest BCUT2D eigenvalue weighted by Crippen LogP contribution is 2.34. The number of ether oxygens (including phenoxy) is 1. The Morgan fingerprint density at radius 1 is 1.07 bits per heavy atom. The number of benzene rings is 2. The fraction of sp³-hybridized carbons (Fsp3) is 0.111. The third-order valence-electron chi connectivity index (χ3n) is 3.80. The summed E-state index contributed by atoms with van der Waals surface area (Å²) >= 11 is 5.96. The average molecular weight is 386 g/mol. The van der Waals surface area contributed by atoms with Crippen LogP contribution >= 0.6 is 11.6 Å². The van der Waals surface area contributed by atoms with Crippen LogP contribution in [-0.2, 0) is 0 Å². The molecule has 1 aromatic heterocycles. The van der Waals surface area contributed by atoms with Gasteiger partial charge in [0.15, 0.2) is 0 Å². The second-order valence-electron chi connectivity index (χ2n) is 5.61. The molecule has 0 aliphatic carbocycles. The lowest BCUT2D eigenvalue weighted by Gasteiger charge is -2.12. The minimum atomic E-state index is -0.528. The van der Waals surface area contributed by atoms with Crippen molar-refractivity contribution in [2.45, 2.75) is 6.92 Å². The molecule has 0 saturated heterocycles. The van der Waals surface area contributed by atoms with E-state index in [0.717, 1.165) is 5.56 Å². The van der Waals surface area contributed by atoms with Crippen molar-refractivity contribution in [1.29, 1.82) is 0 Å². The van der Waals surface area contributed by atoms with E-state index in [4.69, 9.17) is 16.3 Å². The predicted molar refractivity (Wildman–Crippen MR) is 104 cm³/mol. The third-order valence-corrected chi connectivity index (χ3v) is 4.03. The third kappa shape index (κ3) is 4.24. The number of nitrogens with one attached hydrogen (secondary N) is 2. The maximum Gasteiger partial charge on any atom is 0.353 e. The molecule has 0 fully saturated rings. The number of hydrogen-bond acceptors (Lipinski definition) is 7. The first kappa shape index (κ1) is 18.4. The number of anilines is 4.